The SMILES string of the molecule is CCC(C)CNc1cccc(CNC(=O)OC(C)(C)C)c1. The van der Waals surface area contributed by atoms with Crippen LogP contribution in [0.1, 0.15) is 46.6 Å². The first kappa shape index (κ1) is 17.3. The molecule has 1 rings (SSSR count). The molecule has 0 aliphatic heterocycles. The van der Waals surface area contributed by atoms with Crippen LogP contribution >= 0.6 is 0 Å². The van der Waals surface area contributed by atoms with Gasteiger partial charge in [-0.15, -0.1) is 0 Å². The van der Waals surface area contributed by atoms with Crippen LogP contribution in [0.3, 0.4) is 0 Å². The molecule has 0 fully saturated rings. The topological polar surface area (TPSA) is 50.4 Å². The molecule has 21 heavy (non-hydrogen) atoms. The van der Waals surface area contributed by atoms with Crippen molar-refractivity contribution in [2.24, 2.45) is 5.92 Å². The minimum Gasteiger partial charge on any atom is -0.444 e. The third kappa shape index (κ3) is 7.59. The van der Waals surface area contributed by atoms with Crippen LogP contribution in [0.25, 0.3) is 0 Å². The minimum atomic E-state index is -0.468. The Morgan fingerprint density at radius 1 is 1.33 bits per heavy atom. The molecule has 1 amide bonds. The summed E-state index contributed by atoms with van der Waals surface area (Å²) < 4.78 is 5.22. The van der Waals surface area contributed by atoms with Gasteiger partial charge in [-0.25, -0.2) is 4.79 Å². The van der Waals surface area contributed by atoms with E-state index in [1.165, 1.54) is 0 Å². The molecule has 1 atom stereocenters. The molecule has 0 aliphatic rings. The first-order valence-corrected chi connectivity index (χ1v) is 7.60. The van der Waals surface area contributed by atoms with Gasteiger partial charge in [-0.1, -0.05) is 32.4 Å². The van der Waals surface area contributed by atoms with E-state index >= 15 is 0 Å². The van der Waals surface area contributed by atoms with Gasteiger partial charge in [0.25, 0.3) is 0 Å². The maximum atomic E-state index is 11.6. The number of carbonyl (C=O) groups excluding carboxylic acids is 1. The van der Waals surface area contributed by atoms with E-state index in [1.807, 2.05) is 39.0 Å². The number of amides is 1. The van der Waals surface area contributed by atoms with Gasteiger partial charge in [0.2, 0.25) is 0 Å². The van der Waals surface area contributed by atoms with E-state index in [2.05, 4.69) is 30.5 Å². The predicted octanol–water partition coefficient (Wildman–Crippen LogP) is 4.17. The predicted molar refractivity (Wildman–Crippen MR) is 87.5 cm³/mol. The molecule has 1 aromatic carbocycles. The lowest BCUT2D eigenvalue weighted by molar-refractivity contribution is 0.0523. The van der Waals surface area contributed by atoms with Crippen LogP contribution in [0.15, 0.2) is 24.3 Å². The Balaban J connectivity index is 2.47. The number of nitrogens with one attached hydrogen (secondary N) is 2. The van der Waals surface area contributed by atoms with Gasteiger partial charge in [-0.05, 0) is 44.4 Å². The zero-order valence-corrected chi connectivity index (χ0v) is 13.8. The second-order valence-electron chi connectivity index (χ2n) is 6.45. The van der Waals surface area contributed by atoms with Crippen molar-refractivity contribution in [3.63, 3.8) is 0 Å². The summed E-state index contributed by atoms with van der Waals surface area (Å²) in [4.78, 5) is 11.6. The summed E-state index contributed by atoms with van der Waals surface area (Å²) in [6, 6.07) is 8.08. The zero-order valence-electron chi connectivity index (χ0n) is 13.8. The first-order chi connectivity index (χ1) is 9.80. The van der Waals surface area contributed by atoms with E-state index in [9.17, 15) is 4.79 Å². The summed E-state index contributed by atoms with van der Waals surface area (Å²) in [5.74, 6) is 0.647. The summed E-state index contributed by atoms with van der Waals surface area (Å²) in [5, 5.41) is 6.19. The molecular formula is C17H28N2O2. The molecule has 118 valence electrons. The van der Waals surface area contributed by atoms with Gasteiger partial charge >= 0.3 is 6.09 Å². The van der Waals surface area contributed by atoms with E-state index in [0.717, 1.165) is 24.2 Å². The molecule has 0 radical (unpaired) electrons. The Morgan fingerprint density at radius 2 is 2.05 bits per heavy atom. The average molecular weight is 292 g/mol. The normalized spacial score (nSPS) is 12.6. The molecule has 1 unspecified atom stereocenters. The molecule has 0 aliphatic carbocycles. The van der Waals surface area contributed by atoms with E-state index < -0.39 is 5.60 Å². The Morgan fingerprint density at radius 3 is 2.67 bits per heavy atom. The van der Waals surface area contributed by atoms with E-state index in [4.69, 9.17) is 4.74 Å². The standard InChI is InChI=1S/C17H28N2O2/c1-6-13(2)11-18-15-9-7-8-14(10-15)12-19-16(20)21-17(3,4)5/h7-10,13,18H,6,11-12H2,1-5H3,(H,19,20). The highest BCUT2D eigenvalue weighted by Crippen LogP contribution is 2.12. The van der Waals surface area contributed by atoms with Crippen LogP contribution in [-0.4, -0.2) is 18.2 Å². The van der Waals surface area contributed by atoms with Gasteiger partial charge in [-0.3, -0.25) is 0 Å². The van der Waals surface area contributed by atoms with Gasteiger partial charge in [-0.2, -0.15) is 0 Å². The van der Waals surface area contributed by atoms with Crippen molar-refractivity contribution in [3.05, 3.63) is 29.8 Å². The van der Waals surface area contributed by atoms with Crippen LogP contribution in [0.5, 0.6) is 0 Å². The van der Waals surface area contributed by atoms with Crippen molar-refractivity contribution in [2.45, 2.75) is 53.2 Å². The number of rotatable bonds is 6. The van der Waals surface area contributed by atoms with Crippen LogP contribution < -0.4 is 10.6 Å². The minimum absolute atomic E-state index is 0.388. The van der Waals surface area contributed by atoms with Crippen molar-refractivity contribution in [3.8, 4) is 0 Å². The fourth-order valence-electron chi connectivity index (χ4n) is 1.72. The Kier molecular flexibility index (Phi) is 6.53. The molecule has 4 heteroatoms. The number of alkyl carbamates (subject to hydrolysis) is 1. The number of carbonyl (C=O) groups is 1. The highest BCUT2D eigenvalue weighted by Gasteiger charge is 2.15. The van der Waals surface area contributed by atoms with Crippen molar-refractivity contribution < 1.29 is 9.53 Å². The highest BCUT2D eigenvalue weighted by atomic mass is 16.6. The Labute approximate surface area is 128 Å². The lowest BCUT2D eigenvalue weighted by Crippen LogP contribution is -2.32. The Bertz CT molecular complexity index is 452. The molecule has 0 spiro atoms. The monoisotopic (exact) mass is 292 g/mol. The number of anilines is 1. The fourth-order valence-corrected chi connectivity index (χ4v) is 1.72. The summed E-state index contributed by atoms with van der Waals surface area (Å²) in [6.45, 7) is 11.4. The van der Waals surface area contributed by atoms with Gasteiger partial charge in [0.1, 0.15) is 5.60 Å². The van der Waals surface area contributed by atoms with Gasteiger partial charge in [0, 0.05) is 18.8 Å². The zero-order chi connectivity index (χ0) is 15.9. The molecule has 0 aromatic heterocycles. The van der Waals surface area contributed by atoms with Crippen LogP contribution in [-0.2, 0) is 11.3 Å². The smallest absolute Gasteiger partial charge is 0.407 e. The lowest BCUT2D eigenvalue weighted by atomic mass is 10.1. The second-order valence-corrected chi connectivity index (χ2v) is 6.45. The van der Waals surface area contributed by atoms with Crippen LogP contribution in [0.4, 0.5) is 10.5 Å². The first-order valence-electron chi connectivity index (χ1n) is 7.60. The lowest BCUT2D eigenvalue weighted by Gasteiger charge is -2.19. The van der Waals surface area contributed by atoms with Crippen molar-refractivity contribution in [2.75, 3.05) is 11.9 Å². The van der Waals surface area contributed by atoms with Crippen molar-refractivity contribution >= 4 is 11.8 Å². The van der Waals surface area contributed by atoms with Crippen LogP contribution in [0.2, 0.25) is 0 Å². The highest BCUT2D eigenvalue weighted by molar-refractivity contribution is 5.67. The van der Waals surface area contributed by atoms with Gasteiger partial charge in [0.05, 0.1) is 0 Å². The maximum Gasteiger partial charge on any atom is 0.407 e. The summed E-state index contributed by atoms with van der Waals surface area (Å²) >= 11 is 0. The molecule has 0 saturated carbocycles. The molecule has 1 aromatic rings. The Hall–Kier alpha value is -1.71. The molecule has 0 heterocycles. The molecule has 0 bridgehead atoms. The fraction of sp³-hybridized carbons (Fsp3) is 0.588. The number of hydrogen-bond donors (Lipinski definition) is 2. The summed E-state index contributed by atoms with van der Waals surface area (Å²) in [7, 11) is 0. The molecular weight excluding hydrogens is 264 g/mol. The molecule has 2 N–H and O–H groups in total. The third-order valence-corrected chi connectivity index (χ3v) is 3.11. The van der Waals surface area contributed by atoms with Crippen LogP contribution in [0, 0.1) is 5.92 Å². The summed E-state index contributed by atoms with van der Waals surface area (Å²) in [5.41, 5.74) is 1.66. The van der Waals surface area contributed by atoms with Crippen molar-refractivity contribution in [1.29, 1.82) is 0 Å². The average Bonchev–Trinajstić information content (AvgIpc) is 2.41. The second kappa shape index (κ2) is 7.91. The quantitative estimate of drug-likeness (QED) is 0.827. The number of hydrogen-bond acceptors (Lipinski definition) is 3. The number of ether oxygens (including phenoxy) is 1. The van der Waals surface area contributed by atoms with E-state index in [-0.39, 0.29) is 6.09 Å². The number of benzene rings is 1. The molecule has 4 nitrogen and oxygen atoms in total. The van der Waals surface area contributed by atoms with Gasteiger partial charge in [0.15, 0.2) is 0 Å². The molecule has 0 saturated heterocycles. The van der Waals surface area contributed by atoms with E-state index in [0.29, 0.717) is 12.5 Å². The summed E-state index contributed by atoms with van der Waals surface area (Å²) in [6.07, 6.45) is 0.771. The maximum absolute atomic E-state index is 11.6. The van der Waals surface area contributed by atoms with Crippen molar-refractivity contribution in [1.82, 2.24) is 5.32 Å². The van der Waals surface area contributed by atoms with E-state index in [1.54, 1.807) is 0 Å². The largest absolute Gasteiger partial charge is 0.444 e. The third-order valence-electron chi connectivity index (χ3n) is 3.11. The van der Waals surface area contributed by atoms with Gasteiger partial charge < -0.3 is 15.4 Å².